The molecule has 1 atom stereocenters. The molecule has 1 heterocycles. The minimum absolute atomic E-state index is 0.298. The van der Waals surface area contributed by atoms with Crippen LogP contribution in [0.3, 0.4) is 0 Å². The predicted molar refractivity (Wildman–Crippen MR) is 44.9 cm³/mol. The maximum absolute atomic E-state index is 8.65. The lowest BCUT2D eigenvalue weighted by molar-refractivity contribution is 0.730. The minimum atomic E-state index is -0.298. The number of hydrogen-bond acceptors (Lipinski definition) is 4. The highest BCUT2D eigenvalue weighted by Gasteiger charge is 2.08. The summed E-state index contributed by atoms with van der Waals surface area (Å²) in [7, 11) is 0. The van der Waals surface area contributed by atoms with Crippen molar-refractivity contribution >= 4 is 0 Å². The third-order valence-corrected chi connectivity index (χ3v) is 1.60. The Hall–Kier alpha value is -1.44. The lowest BCUT2D eigenvalue weighted by Gasteiger charge is -2.08. The number of nitriles is 1. The number of rotatable bonds is 2. The van der Waals surface area contributed by atoms with Gasteiger partial charge in [-0.2, -0.15) is 5.26 Å². The molecular formula is C8H10N4. The topological polar surface area (TPSA) is 88.7 Å². The summed E-state index contributed by atoms with van der Waals surface area (Å²) in [6.45, 7) is 0.320. The third kappa shape index (κ3) is 1.59. The van der Waals surface area contributed by atoms with E-state index in [1.54, 1.807) is 18.3 Å². The first-order valence-electron chi connectivity index (χ1n) is 3.60. The first-order valence-corrected chi connectivity index (χ1v) is 3.60. The second-order valence-corrected chi connectivity index (χ2v) is 2.40. The van der Waals surface area contributed by atoms with Crippen LogP contribution in [0.15, 0.2) is 18.3 Å². The molecular weight excluding hydrogens is 152 g/mol. The number of nitrogens with zero attached hydrogens (tertiary/aromatic N) is 2. The standard InChI is InChI=1S/C8H10N4/c9-4-7(11)6-2-1-3-12-8(6)5-10/h1-3,7H,4,9,11H2/t7-/m1/s1. The average molecular weight is 162 g/mol. The number of nitrogens with two attached hydrogens (primary N) is 2. The number of pyridine rings is 1. The normalized spacial score (nSPS) is 12.1. The minimum Gasteiger partial charge on any atom is -0.329 e. The molecule has 0 spiro atoms. The molecule has 4 N–H and O–H groups in total. The lowest BCUT2D eigenvalue weighted by atomic mass is 10.1. The van der Waals surface area contributed by atoms with Crippen molar-refractivity contribution in [2.45, 2.75) is 6.04 Å². The predicted octanol–water partition coefficient (Wildman–Crippen LogP) is -0.0882. The summed E-state index contributed by atoms with van der Waals surface area (Å²) in [5, 5.41) is 8.65. The summed E-state index contributed by atoms with van der Waals surface area (Å²) in [5.41, 5.74) is 12.1. The Balaban J connectivity index is 3.07. The third-order valence-electron chi connectivity index (χ3n) is 1.60. The molecule has 0 bridgehead atoms. The van der Waals surface area contributed by atoms with Gasteiger partial charge >= 0.3 is 0 Å². The van der Waals surface area contributed by atoms with Crippen LogP contribution < -0.4 is 11.5 Å². The molecule has 4 nitrogen and oxygen atoms in total. The van der Waals surface area contributed by atoms with Crippen molar-refractivity contribution in [3.8, 4) is 6.07 Å². The quantitative estimate of drug-likeness (QED) is 0.636. The van der Waals surface area contributed by atoms with Gasteiger partial charge in [0.15, 0.2) is 0 Å². The van der Waals surface area contributed by atoms with Crippen molar-refractivity contribution in [1.29, 1.82) is 5.26 Å². The Morgan fingerprint density at radius 1 is 1.67 bits per heavy atom. The zero-order valence-corrected chi connectivity index (χ0v) is 6.57. The maximum atomic E-state index is 8.65. The molecule has 0 saturated heterocycles. The van der Waals surface area contributed by atoms with Crippen molar-refractivity contribution in [1.82, 2.24) is 4.98 Å². The van der Waals surface area contributed by atoms with E-state index >= 15 is 0 Å². The maximum Gasteiger partial charge on any atom is 0.145 e. The van der Waals surface area contributed by atoms with E-state index in [0.29, 0.717) is 17.8 Å². The molecule has 1 aromatic heterocycles. The zero-order chi connectivity index (χ0) is 8.97. The van der Waals surface area contributed by atoms with E-state index in [1.165, 1.54) is 0 Å². The van der Waals surface area contributed by atoms with E-state index in [9.17, 15) is 0 Å². The first kappa shape index (κ1) is 8.65. The van der Waals surface area contributed by atoms with Gasteiger partial charge in [-0.15, -0.1) is 0 Å². The van der Waals surface area contributed by atoms with Crippen LogP contribution in [0.5, 0.6) is 0 Å². The van der Waals surface area contributed by atoms with Crippen molar-refractivity contribution in [3.63, 3.8) is 0 Å². The Morgan fingerprint density at radius 3 is 3.00 bits per heavy atom. The monoisotopic (exact) mass is 162 g/mol. The second-order valence-electron chi connectivity index (χ2n) is 2.40. The zero-order valence-electron chi connectivity index (χ0n) is 6.57. The van der Waals surface area contributed by atoms with Gasteiger partial charge in [-0.3, -0.25) is 0 Å². The molecule has 0 amide bonds. The van der Waals surface area contributed by atoms with Gasteiger partial charge in [0, 0.05) is 24.3 Å². The molecule has 0 radical (unpaired) electrons. The Bertz CT molecular complexity index is 302. The summed E-state index contributed by atoms with van der Waals surface area (Å²) >= 11 is 0. The van der Waals surface area contributed by atoms with Gasteiger partial charge < -0.3 is 11.5 Å². The van der Waals surface area contributed by atoms with Crippen LogP contribution in [-0.4, -0.2) is 11.5 Å². The SMILES string of the molecule is N#Cc1ncccc1[C@H](N)CN. The Kier molecular flexibility index (Phi) is 2.75. The van der Waals surface area contributed by atoms with E-state index in [1.807, 2.05) is 6.07 Å². The fourth-order valence-electron chi connectivity index (χ4n) is 0.937. The molecule has 0 aromatic carbocycles. The van der Waals surface area contributed by atoms with Crippen LogP contribution in [0.25, 0.3) is 0 Å². The van der Waals surface area contributed by atoms with Crippen molar-refractivity contribution in [2.75, 3.05) is 6.54 Å². The van der Waals surface area contributed by atoms with Gasteiger partial charge in [0.1, 0.15) is 11.8 Å². The van der Waals surface area contributed by atoms with Gasteiger partial charge in [-0.25, -0.2) is 4.98 Å². The summed E-state index contributed by atoms with van der Waals surface area (Å²) in [6.07, 6.45) is 1.56. The molecule has 12 heavy (non-hydrogen) atoms. The average Bonchev–Trinajstić information content (AvgIpc) is 2.16. The van der Waals surface area contributed by atoms with E-state index in [-0.39, 0.29) is 6.04 Å². The fourth-order valence-corrected chi connectivity index (χ4v) is 0.937. The molecule has 0 saturated carbocycles. The van der Waals surface area contributed by atoms with E-state index in [0.717, 1.165) is 0 Å². The highest BCUT2D eigenvalue weighted by molar-refractivity contribution is 5.32. The molecule has 0 aliphatic rings. The van der Waals surface area contributed by atoms with Gasteiger partial charge in [-0.1, -0.05) is 6.07 Å². The highest BCUT2D eigenvalue weighted by atomic mass is 14.7. The second kappa shape index (κ2) is 3.81. The smallest absolute Gasteiger partial charge is 0.145 e. The van der Waals surface area contributed by atoms with Crippen molar-refractivity contribution in [2.24, 2.45) is 11.5 Å². The highest BCUT2D eigenvalue weighted by Crippen LogP contribution is 2.11. The largest absolute Gasteiger partial charge is 0.329 e. The molecule has 62 valence electrons. The summed E-state index contributed by atoms with van der Waals surface area (Å²) in [5.74, 6) is 0. The fraction of sp³-hybridized carbons (Fsp3) is 0.250. The van der Waals surface area contributed by atoms with Crippen LogP contribution >= 0.6 is 0 Å². The van der Waals surface area contributed by atoms with Crippen LogP contribution in [0.4, 0.5) is 0 Å². The van der Waals surface area contributed by atoms with Crippen molar-refractivity contribution < 1.29 is 0 Å². The van der Waals surface area contributed by atoms with Gasteiger partial charge in [-0.05, 0) is 6.07 Å². The lowest BCUT2D eigenvalue weighted by Crippen LogP contribution is -2.21. The van der Waals surface area contributed by atoms with E-state index in [2.05, 4.69) is 4.98 Å². The van der Waals surface area contributed by atoms with Crippen LogP contribution in [0, 0.1) is 11.3 Å². The molecule has 0 aliphatic heterocycles. The Labute approximate surface area is 70.8 Å². The number of hydrogen-bond donors (Lipinski definition) is 2. The molecule has 0 aliphatic carbocycles. The summed E-state index contributed by atoms with van der Waals surface area (Å²) in [6, 6.07) is 5.18. The first-order chi connectivity index (χ1) is 5.79. The van der Waals surface area contributed by atoms with Gasteiger partial charge in [0.2, 0.25) is 0 Å². The van der Waals surface area contributed by atoms with Crippen LogP contribution in [-0.2, 0) is 0 Å². The summed E-state index contributed by atoms with van der Waals surface area (Å²) in [4.78, 5) is 3.87. The van der Waals surface area contributed by atoms with Crippen molar-refractivity contribution in [3.05, 3.63) is 29.6 Å². The molecule has 4 heteroatoms. The molecule has 1 rings (SSSR count). The number of aromatic nitrogens is 1. The summed E-state index contributed by atoms with van der Waals surface area (Å²) < 4.78 is 0. The van der Waals surface area contributed by atoms with E-state index in [4.69, 9.17) is 16.7 Å². The van der Waals surface area contributed by atoms with Crippen LogP contribution in [0.1, 0.15) is 17.3 Å². The van der Waals surface area contributed by atoms with E-state index < -0.39 is 0 Å². The van der Waals surface area contributed by atoms with Gasteiger partial charge in [0.25, 0.3) is 0 Å². The molecule has 1 aromatic rings. The van der Waals surface area contributed by atoms with Gasteiger partial charge in [0.05, 0.1) is 0 Å². The molecule has 0 fully saturated rings. The Morgan fingerprint density at radius 2 is 2.42 bits per heavy atom. The molecule has 0 unspecified atom stereocenters. The van der Waals surface area contributed by atoms with Crippen LogP contribution in [0.2, 0.25) is 0 Å².